The highest BCUT2D eigenvalue weighted by atomic mass is 31.2. The number of carbonyl (C=O) groups excluding carboxylic acids is 2. The van der Waals surface area contributed by atoms with Crippen LogP contribution in [0.15, 0.2) is 72.9 Å². The van der Waals surface area contributed by atoms with Gasteiger partial charge in [-0.25, -0.2) is 4.57 Å². The molecule has 0 bridgehead atoms. The Hall–Kier alpha value is -2.55. The minimum atomic E-state index is -4.39. The number of phosphoric acid groups is 1. The van der Waals surface area contributed by atoms with Crippen molar-refractivity contribution in [3.63, 3.8) is 0 Å². The molecule has 9 nitrogen and oxygen atoms in total. The van der Waals surface area contributed by atoms with Crippen molar-refractivity contribution in [3.05, 3.63) is 72.9 Å². The van der Waals surface area contributed by atoms with Gasteiger partial charge in [0.05, 0.1) is 27.7 Å². The molecule has 1 N–H and O–H groups in total. The average Bonchev–Trinajstić information content (AvgIpc) is 3.16. The number of carbonyl (C=O) groups is 2. The number of quaternary nitrogens is 1. The summed E-state index contributed by atoms with van der Waals surface area (Å²) < 4.78 is 34.2. The van der Waals surface area contributed by atoms with E-state index in [1.54, 1.807) is 0 Å². The zero-order valence-electron chi connectivity index (χ0n) is 36.8. The highest BCUT2D eigenvalue weighted by Gasteiger charge is 2.27. The Morgan fingerprint density at radius 3 is 1.47 bits per heavy atom. The lowest BCUT2D eigenvalue weighted by Gasteiger charge is -2.24. The fourth-order valence-electron chi connectivity index (χ4n) is 5.42. The number of nitrogens with zero attached hydrogens (tertiary/aromatic N) is 1. The molecule has 0 aromatic heterocycles. The number of hydrogen-bond acceptors (Lipinski definition) is 7. The van der Waals surface area contributed by atoms with E-state index in [0.29, 0.717) is 23.9 Å². The van der Waals surface area contributed by atoms with Crippen LogP contribution in [0.5, 0.6) is 0 Å². The summed E-state index contributed by atoms with van der Waals surface area (Å²) in [5.74, 6) is -0.858. The second kappa shape index (κ2) is 38.9. The van der Waals surface area contributed by atoms with Gasteiger partial charge in [-0.1, -0.05) is 138 Å². The van der Waals surface area contributed by atoms with Gasteiger partial charge in [-0.05, 0) is 83.5 Å². The van der Waals surface area contributed by atoms with Crippen LogP contribution in [0.4, 0.5) is 0 Å². The Labute approximate surface area is 348 Å². The van der Waals surface area contributed by atoms with Gasteiger partial charge in [0.25, 0.3) is 0 Å². The Morgan fingerprint density at radius 1 is 0.544 bits per heavy atom. The predicted octanol–water partition coefficient (Wildman–Crippen LogP) is 12.6. The van der Waals surface area contributed by atoms with Gasteiger partial charge in [0, 0.05) is 12.8 Å². The molecule has 10 heteroatoms. The molecule has 0 heterocycles. The van der Waals surface area contributed by atoms with E-state index in [1.807, 2.05) is 21.1 Å². The van der Waals surface area contributed by atoms with Crippen LogP contribution in [0.3, 0.4) is 0 Å². The van der Waals surface area contributed by atoms with Gasteiger partial charge in [-0.2, -0.15) is 0 Å². The normalized spacial score (nSPS) is 14.3. The summed E-state index contributed by atoms with van der Waals surface area (Å²) in [6.45, 7) is 4.28. The third-order valence-electron chi connectivity index (χ3n) is 8.96. The van der Waals surface area contributed by atoms with Crippen LogP contribution in [0.25, 0.3) is 0 Å². The zero-order valence-corrected chi connectivity index (χ0v) is 37.7. The van der Waals surface area contributed by atoms with Gasteiger partial charge in [0.1, 0.15) is 19.8 Å². The van der Waals surface area contributed by atoms with Crippen molar-refractivity contribution in [1.82, 2.24) is 0 Å². The number of rotatable bonds is 39. The molecule has 0 amide bonds. The fourth-order valence-corrected chi connectivity index (χ4v) is 6.17. The zero-order chi connectivity index (χ0) is 42.1. The minimum Gasteiger partial charge on any atom is -0.462 e. The van der Waals surface area contributed by atoms with Crippen LogP contribution in [-0.2, 0) is 32.7 Å². The van der Waals surface area contributed by atoms with Crippen molar-refractivity contribution in [1.29, 1.82) is 0 Å². The van der Waals surface area contributed by atoms with E-state index in [2.05, 4.69) is 86.8 Å². The summed E-state index contributed by atoms with van der Waals surface area (Å²) in [5.41, 5.74) is 0. The summed E-state index contributed by atoms with van der Waals surface area (Å²) in [4.78, 5) is 35.4. The molecular weight excluding hydrogens is 737 g/mol. The van der Waals surface area contributed by atoms with Crippen LogP contribution >= 0.6 is 7.82 Å². The van der Waals surface area contributed by atoms with Crippen molar-refractivity contribution in [2.45, 2.75) is 168 Å². The smallest absolute Gasteiger partial charge is 0.462 e. The maximum absolute atomic E-state index is 12.7. The Bertz CT molecular complexity index is 1200. The monoisotopic (exact) mass is 821 g/mol. The van der Waals surface area contributed by atoms with Crippen molar-refractivity contribution in [3.8, 4) is 0 Å². The summed E-state index contributed by atoms with van der Waals surface area (Å²) in [6, 6.07) is 0. The highest BCUT2D eigenvalue weighted by Crippen LogP contribution is 2.43. The Morgan fingerprint density at radius 2 is 0.965 bits per heavy atom. The SMILES string of the molecule is CCCC/C=C/C/C=C/CCCCCCCC(=O)OCC(COP(=O)(O)OCC[N+](C)(C)C)OC(=O)CCCCC/C=C/C/C=C/C/C=C/C/C=C/CCCCC. The van der Waals surface area contributed by atoms with Crippen LogP contribution < -0.4 is 0 Å². The first-order valence-electron chi connectivity index (χ1n) is 22.2. The topological polar surface area (TPSA) is 108 Å². The molecular formula is C47H83NO8P+. The first kappa shape index (κ1) is 54.5. The van der Waals surface area contributed by atoms with Crippen LogP contribution in [0.2, 0.25) is 0 Å². The van der Waals surface area contributed by atoms with E-state index in [9.17, 15) is 19.0 Å². The molecule has 0 spiro atoms. The van der Waals surface area contributed by atoms with Crippen molar-refractivity contribution in [2.24, 2.45) is 0 Å². The van der Waals surface area contributed by atoms with E-state index < -0.39 is 32.5 Å². The standard InChI is InChI=1S/C47H82NO8P/c1-6-8-10-12-14-16-18-20-22-23-24-25-26-28-30-32-34-36-38-40-47(50)56-45(44-55-57(51,52)54-42-41-48(3,4)5)43-53-46(49)39-37-35-33-31-29-27-21-19-17-15-13-11-9-7-2/h13-16,19-22,24-25,28,30,45H,6-12,17-18,23,26-27,29,31-44H2,1-5H3/p+1/b15-13+,16-14+,21-19+,22-20+,25-24+,30-28+. The van der Waals surface area contributed by atoms with Crippen molar-refractivity contribution in [2.75, 3.05) is 47.5 Å². The lowest BCUT2D eigenvalue weighted by Crippen LogP contribution is -2.37. The molecule has 0 aliphatic rings. The average molecular weight is 821 g/mol. The summed E-state index contributed by atoms with van der Waals surface area (Å²) in [7, 11) is 1.43. The van der Waals surface area contributed by atoms with Gasteiger partial charge in [0.2, 0.25) is 0 Å². The largest absolute Gasteiger partial charge is 0.472 e. The summed E-state index contributed by atoms with van der Waals surface area (Å²) in [6.07, 6.45) is 48.0. The molecule has 2 unspecified atom stereocenters. The van der Waals surface area contributed by atoms with Gasteiger partial charge >= 0.3 is 19.8 Å². The van der Waals surface area contributed by atoms with Gasteiger partial charge < -0.3 is 18.9 Å². The maximum atomic E-state index is 12.7. The minimum absolute atomic E-state index is 0.0191. The molecule has 0 aliphatic heterocycles. The Kier molecular flexibility index (Phi) is 37.2. The van der Waals surface area contributed by atoms with E-state index in [-0.39, 0.29) is 26.1 Å². The van der Waals surface area contributed by atoms with Gasteiger partial charge in [0.15, 0.2) is 6.10 Å². The molecule has 0 aromatic rings. The number of allylic oxidation sites excluding steroid dienone is 12. The Balaban J connectivity index is 4.46. The van der Waals surface area contributed by atoms with E-state index in [4.69, 9.17) is 18.5 Å². The van der Waals surface area contributed by atoms with E-state index in [0.717, 1.165) is 83.5 Å². The lowest BCUT2D eigenvalue weighted by molar-refractivity contribution is -0.870. The number of esters is 2. The molecule has 57 heavy (non-hydrogen) atoms. The number of ether oxygens (including phenoxy) is 2. The second-order valence-corrected chi connectivity index (χ2v) is 17.2. The fraction of sp³-hybridized carbons (Fsp3) is 0.702. The molecule has 0 saturated heterocycles. The first-order chi connectivity index (χ1) is 27.5. The third kappa shape index (κ3) is 42.9. The molecule has 0 radical (unpaired) electrons. The lowest BCUT2D eigenvalue weighted by atomic mass is 10.1. The maximum Gasteiger partial charge on any atom is 0.472 e. The molecule has 0 rings (SSSR count). The first-order valence-corrected chi connectivity index (χ1v) is 23.7. The summed E-state index contributed by atoms with van der Waals surface area (Å²) >= 11 is 0. The van der Waals surface area contributed by atoms with E-state index in [1.165, 1.54) is 38.5 Å². The van der Waals surface area contributed by atoms with Gasteiger partial charge in [-0.15, -0.1) is 0 Å². The predicted molar refractivity (Wildman–Crippen MR) is 238 cm³/mol. The summed E-state index contributed by atoms with van der Waals surface area (Å²) in [5, 5.41) is 0. The molecule has 2 atom stereocenters. The van der Waals surface area contributed by atoms with Gasteiger partial charge in [-0.3, -0.25) is 18.6 Å². The van der Waals surface area contributed by atoms with Crippen LogP contribution in [-0.4, -0.2) is 74.9 Å². The molecule has 328 valence electrons. The molecule has 0 aliphatic carbocycles. The molecule has 0 fully saturated rings. The van der Waals surface area contributed by atoms with Crippen molar-refractivity contribution < 1.29 is 42.1 Å². The number of hydrogen-bond donors (Lipinski definition) is 1. The number of unbranched alkanes of at least 4 members (excludes halogenated alkanes) is 13. The highest BCUT2D eigenvalue weighted by molar-refractivity contribution is 7.47. The number of likely N-dealkylation sites (N-methyl/N-ethyl adjacent to an activating group) is 1. The third-order valence-corrected chi connectivity index (χ3v) is 9.94. The van der Waals surface area contributed by atoms with Crippen LogP contribution in [0.1, 0.15) is 162 Å². The molecule has 0 aromatic carbocycles. The molecule has 0 saturated carbocycles. The van der Waals surface area contributed by atoms with Crippen LogP contribution in [0, 0.1) is 0 Å². The van der Waals surface area contributed by atoms with Crippen molar-refractivity contribution >= 4 is 19.8 Å². The quantitative estimate of drug-likeness (QED) is 0.0215. The van der Waals surface area contributed by atoms with E-state index >= 15 is 0 Å². The number of phosphoric ester groups is 1. The second-order valence-electron chi connectivity index (χ2n) is 15.7.